The number of halogens is 4. The van der Waals surface area contributed by atoms with Crippen LogP contribution in [-0.2, 0) is 6.42 Å². The second-order valence-corrected chi connectivity index (χ2v) is 10.1. The summed E-state index contributed by atoms with van der Waals surface area (Å²) >= 11 is 0. The number of aliphatic hydroxyl groups is 1. The van der Waals surface area contributed by atoms with Crippen LogP contribution in [0.4, 0.5) is 23.2 Å². The maximum Gasteiger partial charge on any atom is 0.283 e. The maximum absolute atomic E-state index is 15.6. The highest BCUT2D eigenvalue weighted by Crippen LogP contribution is 2.42. The molecule has 5 rings (SSSR count). The van der Waals surface area contributed by atoms with Gasteiger partial charge in [0.25, 0.3) is 5.92 Å². The molecule has 36 heavy (non-hydrogen) atoms. The number of alkyl halides is 3. The average molecular weight is 505 g/mol. The topological polar surface area (TPSA) is 54.5 Å². The van der Waals surface area contributed by atoms with Crippen molar-refractivity contribution < 1.29 is 22.7 Å². The molecule has 2 aromatic carbocycles. The van der Waals surface area contributed by atoms with Crippen LogP contribution in [0.1, 0.15) is 36.2 Å². The minimum Gasteiger partial charge on any atom is -0.390 e. The van der Waals surface area contributed by atoms with E-state index in [1.165, 1.54) is 6.07 Å². The van der Waals surface area contributed by atoms with Crippen LogP contribution in [-0.4, -0.2) is 77.4 Å². The molecule has 0 radical (unpaired) electrons. The zero-order valence-corrected chi connectivity index (χ0v) is 20.3. The van der Waals surface area contributed by atoms with Gasteiger partial charge in [-0.15, -0.1) is 0 Å². The molecule has 1 saturated heterocycles. The zero-order chi connectivity index (χ0) is 25.4. The molecule has 1 aromatic heterocycles. The molecule has 5 nitrogen and oxygen atoms in total. The van der Waals surface area contributed by atoms with Gasteiger partial charge in [-0.2, -0.15) is 0 Å². The fourth-order valence-electron chi connectivity index (χ4n) is 5.61. The molecular formula is C27H32F4N4O. The molecule has 3 heterocycles. The summed E-state index contributed by atoms with van der Waals surface area (Å²) in [6.45, 7) is 1.84. The molecule has 0 spiro atoms. The minimum absolute atomic E-state index is 0.157. The molecule has 9 heteroatoms. The highest BCUT2D eigenvalue weighted by atomic mass is 19.3. The predicted molar refractivity (Wildman–Crippen MR) is 133 cm³/mol. The Hall–Kier alpha value is -2.62. The number of rotatable bonds is 9. The minimum atomic E-state index is -3.31. The van der Waals surface area contributed by atoms with E-state index in [1.807, 2.05) is 31.2 Å². The molecule has 0 saturated carbocycles. The van der Waals surface area contributed by atoms with Crippen LogP contribution in [0, 0.1) is 5.82 Å². The number of H-pyrrole nitrogens is 1. The number of para-hydroxylation sites is 1. The normalized spacial score (nSPS) is 21.5. The van der Waals surface area contributed by atoms with Crippen molar-refractivity contribution in [2.45, 2.75) is 43.8 Å². The largest absolute Gasteiger partial charge is 0.390 e. The van der Waals surface area contributed by atoms with Crippen molar-refractivity contribution >= 4 is 16.6 Å². The predicted octanol–water partition coefficient (Wildman–Crippen LogP) is 4.73. The Morgan fingerprint density at radius 2 is 1.94 bits per heavy atom. The number of nitrogens with one attached hydrogen (secondary N) is 2. The lowest BCUT2D eigenvalue weighted by atomic mass is 9.88. The van der Waals surface area contributed by atoms with E-state index in [2.05, 4.69) is 15.2 Å². The van der Waals surface area contributed by atoms with Gasteiger partial charge in [0.05, 0.1) is 25.3 Å². The number of aliphatic hydroxyl groups excluding tert-OH is 1. The van der Waals surface area contributed by atoms with Crippen molar-refractivity contribution in [2.24, 2.45) is 0 Å². The van der Waals surface area contributed by atoms with Crippen LogP contribution in [0.2, 0.25) is 0 Å². The van der Waals surface area contributed by atoms with Gasteiger partial charge in [0.2, 0.25) is 0 Å². The van der Waals surface area contributed by atoms with E-state index in [0.717, 1.165) is 29.6 Å². The van der Waals surface area contributed by atoms with E-state index in [4.69, 9.17) is 0 Å². The second kappa shape index (κ2) is 10.0. The molecule has 0 aliphatic carbocycles. The number of hydrogen-bond donors (Lipinski definition) is 3. The van der Waals surface area contributed by atoms with Crippen molar-refractivity contribution in [1.29, 1.82) is 0 Å². The molecule has 0 bridgehead atoms. The van der Waals surface area contributed by atoms with Gasteiger partial charge in [0, 0.05) is 53.5 Å². The maximum atomic E-state index is 15.6. The molecule has 3 N–H and O–H groups in total. The summed E-state index contributed by atoms with van der Waals surface area (Å²) in [6.07, 6.45) is 1.05. The van der Waals surface area contributed by atoms with Gasteiger partial charge >= 0.3 is 0 Å². The summed E-state index contributed by atoms with van der Waals surface area (Å²) in [5, 5.41) is 13.6. The van der Waals surface area contributed by atoms with Crippen LogP contribution in [0.25, 0.3) is 10.9 Å². The Morgan fingerprint density at radius 3 is 2.67 bits per heavy atom. The molecule has 1 fully saturated rings. The van der Waals surface area contributed by atoms with Crippen molar-refractivity contribution in [3.8, 4) is 0 Å². The quantitative estimate of drug-likeness (QED) is 0.369. The Bertz CT molecular complexity index is 1210. The first-order valence-electron chi connectivity index (χ1n) is 12.5. The molecule has 0 unspecified atom stereocenters. The van der Waals surface area contributed by atoms with E-state index in [1.54, 1.807) is 17.0 Å². The molecular weight excluding hydrogens is 472 g/mol. The third kappa shape index (κ3) is 4.84. The Balaban J connectivity index is 1.46. The molecule has 2 atom stereocenters. The van der Waals surface area contributed by atoms with Crippen LogP contribution in [0.5, 0.6) is 0 Å². The van der Waals surface area contributed by atoms with Gasteiger partial charge in [-0.3, -0.25) is 14.2 Å². The molecule has 0 amide bonds. The molecule has 2 aliphatic heterocycles. The van der Waals surface area contributed by atoms with E-state index < -0.39 is 30.9 Å². The summed E-state index contributed by atoms with van der Waals surface area (Å²) in [7, 11) is 0. The van der Waals surface area contributed by atoms with Crippen molar-refractivity contribution in [3.63, 3.8) is 0 Å². The van der Waals surface area contributed by atoms with Crippen LogP contribution in [0.15, 0.2) is 42.5 Å². The highest BCUT2D eigenvalue weighted by Gasteiger charge is 2.42. The number of aromatic nitrogens is 1. The van der Waals surface area contributed by atoms with Crippen LogP contribution >= 0.6 is 0 Å². The van der Waals surface area contributed by atoms with Crippen LogP contribution < -0.4 is 5.32 Å². The van der Waals surface area contributed by atoms with Gasteiger partial charge in [-0.1, -0.05) is 24.3 Å². The number of nitrogens with zero attached hydrogens (tertiary/aromatic N) is 2. The first-order valence-corrected chi connectivity index (χ1v) is 12.5. The number of benzene rings is 2. The second-order valence-electron chi connectivity index (χ2n) is 10.1. The summed E-state index contributed by atoms with van der Waals surface area (Å²) in [5.74, 6) is -3.79. The number of likely N-dealkylation sites (tertiary alicyclic amines) is 1. The number of anilines is 1. The van der Waals surface area contributed by atoms with E-state index >= 15 is 4.39 Å². The number of aromatic amines is 1. The number of fused-ring (bicyclic) bond motifs is 3. The van der Waals surface area contributed by atoms with Crippen molar-refractivity contribution in [2.75, 3.05) is 44.8 Å². The fourth-order valence-corrected chi connectivity index (χ4v) is 5.61. The summed E-state index contributed by atoms with van der Waals surface area (Å²) in [4.78, 5) is 7.10. The van der Waals surface area contributed by atoms with Gasteiger partial charge in [0.1, 0.15) is 12.4 Å². The van der Waals surface area contributed by atoms with Gasteiger partial charge in [0.15, 0.2) is 0 Å². The monoisotopic (exact) mass is 504 g/mol. The molecule has 194 valence electrons. The third-order valence-corrected chi connectivity index (χ3v) is 7.39. The van der Waals surface area contributed by atoms with E-state index in [9.17, 15) is 18.3 Å². The van der Waals surface area contributed by atoms with Crippen molar-refractivity contribution in [3.05, 3.63) is 65.1 Å². The Labute approximate surface area is 208 Å². The SMILES string of the molecule is C[C@@H]1Cc2c([nH]c3ccccc23)[C@@H](c2ccc(NC3CN(CCCF)C3)cc2F)N1CC(F)(F)CO. The lowest BCUT2D eigenvalue weighted by Crippen LogP contribution is -2.54. The summed E-state index contributed by atoms with van der Waals surface area (Å²) in [5.41, 5.74) is 3.55. The first-order chi connectivity index (χ1) is 17.3. The third-order valence-electron chi connectivity index (χ3n) is 7.39. The van der Waals surface area contributed by atoms with E-state index in [-0.39, 0.29) is 18.8 Å². The summed E-state index contributed by atoms with van der Waals surface area (Å²) < 4.78 is 56.8. The fraction of sp³-hybridized carbons (Fsp3) is 0.481. The standard InChI is InChI=1S/C27H32F4N4O/c1-17-11-22-20-5-2-3-6-24(20)33-25(22)26(35(17)15-27(30,31)16-36)21-8-7-18(12-23(21)29)32-19-13-34(14-19)10-4-9-28/h2-3,5-8,12,17,19,26,32-33,36H,4,9-11,13-16H2,1H3/t17-,26-/m1/s1. The highest BCUT2D eigenvalue weighted by molar-refractivity contribution is 5.85. The lowest BCUT2D eigenvalue weighted by Gasteiger charge is -2.42. The molecule has 3 aromatic rings. The average Bonchev–Trinajstić information content (AvgIpc) is 3.19. The lowest BCUT2D eigenvalue weighted by molar-refractivity contribution is -0.0866. The first kappa shape index (κ1) is 25.0. The van der Waals surface area contributed by atoms with E-state index in [0.29, 0.717) is 36.3 Å². The van der Waals surface area contributed by atoms with Crippen molar-refractivity contribution in [1.82, 2.24) is 14.8 Å². The summed E-state index contributed by atoms with van der Waals surface area (Å²) in [6, 6.07) is 11.7. The number of hydrogen-bond acceptors (Lipinski definition) is 4. The van der Waals surface area contributed by atoms with Gasteiger partial charge in [-0.05, 0) is 43.5 Å². The Morgan fingerprint density at radius 1 is 1.17 bits per heavy atom. The molecule has 2 aliphatic rings. The van der Waals surface area contributed by atoms with Crippen LogP contribution in [0.3, 0.4) is 0 Å². The Kier molecular flexibility index (Phi) is 6.98. The zero-order valence-electron chi connectivity index (χ0n) is 20.3. The van der Waals surface area contributed by atoms with Gasteiger partial charge < -0.3 is 15.4 Å². The van der Waals surface area contributed by atoms with Gasteiger partial charge in [-0.25, -0.2) is 13.2 Å². The smallest absolute Gasteiger partial charge is 0.283 e.